The molecular weight excluding hydrogens is 279 g/mol. The zero-order valence-corrected chi connectivity index (χ0v) is 10.2. The Balaban J connectivity index is 2.14. The standard InChI is InChI=1S/C10H10BrClN2O/c11-6-1-2-8(7(12)5-6)14-9(15)10(13)3-4-10/h1-2,5H,3-4,13H2,(H,14,15). The van der Waals surface area contributed by atoms with Crippen molar-refractivity contribution >= 4 is 39.1 Å². The molecule has 0 aliphatic heterocycles. The van der Waals surface area contributed by atoms with E-state index in [4.69, 9.17) is 17.3 Å². The summed E-state index contributed by atoms with van der Waals surface area (Å²) in [5.41, 5.74) is 5.68. The second kappa shape index (κ2) is 3.77. The van der Waals surface area contributed by atoms with Crippen LogP contribution in [0, 0.1) is 0 Å². The number of benzene rings is 1. The molecule has 0 aromatic heterocycles. The molecule has 5 heteroatoms. The molecule has 0 spiro atoms. The number of carbonyl (C=O) groups is 1. The quantitative estimate of drug-likeness (QED) is 0.879. The number of carbonyl (C=O) groups excluding carboxylic acids is 1. The second-order valence-corrected chi connectivity index (χ2v) is 5.06. The number of amides is 1. The summed E-state index contributed by atoms with van der Waals surface area (Å²) in [5, 5.41) is 3.22. The first-order valence-corrected chi connectivity index (χ1v) is 5.74. The fourth-order valence-corrected chi connectivity index (χ4v) is 1.92. The molecule has 1 fully saturated rings. The molecule has 1 aromatic rings. The van der Waals surface area contributed by atoms with Crippen LogP contribution < -0.4 is 11.1 Å². The van der Waals surface area contributed by atoms with Crippen LogP contribution in [0.1, 0.15) is 12.8 Å². The number of nitrogens with one attached hydrogen (secondary N) is 1. The summed E-state index contributed by atoms with van der Waals surface area (Å²) in [6.45, 7) is 0. The van der Waals surface area contributed by atoms with Crippen LogP contribution in [0.5, 0.6) is 0 Å². The molecule has 0 heterocycles. The van der Waals surface area contributed by atoms with Crippen LogP contribution in [0.3, 0.4) is 0 Å². The SMILES string of the molecule is NC1(C(=O)Nc2ccc(Br)cc2Cl)CC1. The van der Waals surface area contributed by atoms with Crippen molar-refractivity contribution in [2.45, 2.75) is 18.4 Å². The highest BCUT2D eigenvalue weighted by atomic mass is 79.9. The number of hydrogen-bond donors (Lipinski definition) is 2. The van der Waals surface area contributed by atoms with Gasteiger partial charge in [-0.2, -0.15) is 0 Å². The highest BCUT2D eigenvalue weighted by Crippen LogP contribution is 2.34. The number of nitrogens with two attached hydrogens (primary N) is 1. The Labute approximate surface area is 101 Å². The van der Waals surface area contributed by atoms with Crippen LogP contribution >= 0.6 is 27.5 Å². The molecular formula is C10H10BrClN2O. The maximum absolute atomic E-state index is 11.6. The van der Waals surface area contributed by atoms with Gasteiger partial charge in [-0.15, -0.1) is 0 Å². The number of anilines is 1. The van der Waals surface area contributed by atoms with Gasteiger partial charge < -0.3 is 11.1 Å². The maximum Gasteiger partial charge on any atom is 0.244 e. The third-order valence-electron chi connectivity index (χ3n) is 2.42. The third kappa shape index (κ3) is 2.33. The molecule has 1 aromatic carbocycles. The van der Waals surface area contributed by atoms with Gasteiger partial charge in [-0.1, -0.05) is 27.5 Å². The van der Waals surface area contributed by atoms with Crippen LogP contribution in [0.4, 0.5) is 5.69 Å². The van der Waals surface area contributed by atoms with E-state index >= 15 is 0 Å². The lowest BCUT2D eigenvalue weighted by molar-refractivity contribution is -0.118. The maximum atomic E-state index is 11.6. The summed E-state index contributed by atoms with van der Waals surface area (Å²) in [6.07, 6.45) is 1.49. The molecule has 0 radical (unpaired) electrons. The predicted octanol–water partition coefficient (Wildman–Crippen LogP) is 2.53. The van der Waals surface area contributed by atoms with Crippen molar-refractivity contribution in [1.82, 2.24) is 0 Å². The summed E-state index contributed by atoms with van der Waals surface area (Å²) in [7, 11) is 0. The van der Waals surface area contributed by atoms with E-state index in [0.717, 1.165) is 17.3 Å². The Morgan fingerprint density at radius 1 is 1.53 bits per heavy atom. The first kappa shape index (κ1) is 10.9. The van der Waals surface area contributed by atoms with E-state index in [2.05, 4.69) is 21.2 Å². The van der Waals surface area contributed by atoms with Crippen LogP contribution in [-0.4, -0.2) is 11.4 Å². The van der Waals surface area contributed by atoms with E-state index in [-0.39, 0.29) is 5.91 Å². The van der Waals surface area contributed by atoms with Gasteiger partial charge in [-0.3, -0.25) is 4.79 Å². The van der Waals surface area contributed by atoms with Crippen LogP contribution in [-0.2, 0) is 4.79 Å². The molecule has 1 aliphatic carbocycles. The molecule has 15 heavy (non-hydrogen) atoms. The zero-order valence-electron chi connectivity index (χ0n) is 7.89. The minimum atomic E-state index is -0.670. The van der Waals surface area contributed by atoms with Crippen molar-refractivity contribution in [2.24, 2.45) is 5.73 Å². The van der Waals surface area contributed by atoms with Gasteiger partial charge in [0, 0.05) is 4.47 Å². The smallest absolute Gasteiger partial charge is 0.244 e. The van der Waals surface area contributed by atoms with Crippen molar-refractivity contribution in [3.05, 3.63) is 27.7 Å². The Morgan fingerprint density at radius 3 is 2.73 bits per heavy atom. The summed E-state index contributed by atoms with van der Waals surface area (Å²) < 4.78 is 0.874. The largest absolute Gasteiger partial charge is 0.323 e. The molecule has 0 saturated heterocycles. The number of halogens is 2. The van der Waals surface area contributed by atoms with E-state index < -0.39 is 5.54 Å². The van der Waals surface area contributed by atoms with Gasteiger partial charge in [0.15, 0.2) is 0 Å². The van der Waals surface area contributed by atoms with Crippen LogP contribution in [0.15, 0.2) is 22.7 Å². The van der Waals surface area contributed by atoms with Gasteiger partial charge in [-0.25, -0.2) is 0 Å². The highest BCUT2D eigenvalue weighted by molar-refractivity contribution is 9.10. The highest BCUT2D eigenvalue weighted by Gasteiger charge is 2.46. The molecule has 1 saturated carbocycles. The average Bonchev–Trinajstić information content (AvgIpc) is 2.90. The fourth-order valence-electron chi connectivity index (χ4n) is 1.20. The van der Waals surface area contributed by atoms with Gasteiger partial charge in [0.25, 0.3) is 0 Å². The Hall–Kier alpha value is -0.580. The zero-order chi connectivity index (χ0) is 11.1. The molecule has 3 nitrogen and oxygen atoms in total. The van der Waals surface area contributed by atoms with Crippen molar-refractivity contribution in [1.29, 1.82) is 0 Å². The van der Waals surface area contributed by atoms with Gasteiger partial charge in [0.1, 0.15) is 0 Å². The van der Waals surface area contributed by atoms with E-state index in [0.29, 0.717) is 10.7 Å². The molecule has 1 amide bonds. The van der Waals surface area contributed by atoms with Gasteiger partial charge in [0.05, 0.1) is 16.2 Å². The predicted molar refractivity (Wildman–Crippen MR) is 63.9 cm³/mol. The van der Waals surface area contributed by atoms with E-state index in [9.17, 15) is 4.79 Å². The van der Waals surface area contributed by atoms with Crippen LogP contribution in [0.25, 0.3) is 0 Å². The minimum Gasteiger partial charge on any atom is -0.323 e. The summed E-state index contributed by atoms with van der Waals surface area (Å²) in [4.78, 5) is 11.6. The van der Waals surface area contributed by atoms with Crippen molar-refractivity contribution in [2.75, 3.05) is 5.32 Å². The lowest BCUT2D eigenvalue weighted by Crippen LogP contribution is -2.37. The normalized spacial score (nSPS) is 17.3. The first-order valence-electron chi connectivity index (χ1n) is 4.57. The average molecular weight is 290 g/mol. The topological polar surface area (TPSA) is 55.1 Å². The van der Waals surface area contributed by atoms with Gasteiger partial charge in [-0.05, 0) is 31.0 Å². The van der Waals surface area contributed by atoms with E-state index in [1.165, 1.54) is 0 Å². The third-order valence-corrected chi connectivity index (χ3v) is 3.23. The van der Waals surface area contributed by atoms with E-state index in [1.54, 1.807) is 12.1 Å². The fraction of sp³-hybridized carbons (Fsp3) is 0.300. The molecule has 0 unspecified atom stereocenters. The molecule has 2 rings (SSSR count). The molecule has 1 aliphatic rings. The number of hydrogen-bond acceptors (Lipinski definition) is 2. The van der Waals surface area contributed by atoms with Crippen molar-refractivity contribution < 1.29 is 4.79 Å². The Bertz CT molecular complexity index is 418. The molecule has 80 valence electrons. The first-order chi connectivity index (χ1) is 7.01. The van der Waals surface area contributed by atoms with Crippen LogP contribution in [0.2, 0.25) is 5.02 Å². The number of rotatable bonds is 2. The second-order valence-electron chi connectivity index (χ2n) is 3.73. The monoisotopic (exact) mass is 288 g/mol. The lowest BCUT2D eigenvalue weighted by Gasteiger charge is -2.11. The molecule has 0 atom stereocenters. The summed E-state index contributed by atoms with van der Waals surface area (Å²) in [6, 6.07) is 5.29. The summed E-state index contributed by atoms with van der Waals surface area (Å²) >= 11 is 9.25. The lowest BCUT2D eigenvalue weighted by atomic mass is 10.2. The summed E-state index contributed by atoms with van der Waals surface area (Å²) in [5.74, 6) is -0.160. The van der Waals surface area contributed by atoms with Gasteiger partial charge in [0.2, 0.25) is 5.91 Å². The minimum absolute atomic E-state index is 0.160. The molecule has 3 N–H and O–H groups in total. The van der Waals surface area contributed by atoms with Crippen molar-refractivity contribution in [3.8, 4) is 0 Å². The Kier molecular flexibility index (Phi) is 2.75. The van der Waals surface area contributed by atoms with E-state index in [1.807, 2.05) is 6.07 Å². The Morgan fingerprint density at radius 2 is 2.20 bits per heavy atom. The molecule has 0 bridgehead atoms. The van der Waals surface area contributed by atoms with Gasteiger partial charge >= 0.3 is 0 Å². The van der Waals surface area contributed by atoms with Crippen molar-refractivity contribution in [3.63, 3.8) is 0 Å².